The second kappa shape index (κ2) is 13.6. The Kier molecular flexibility index (Phi) is 12.4. The van der Waals surface area contributed by atoms with Gasteiger partial charge in [0.1, 0.15) is 6.04 Å². The maximum Gasteiger partial charge on any atom is 0.326 e. The summed E-state index contributed by atoms with van der Waals surface area (Å²) >= 11 is 0. The molecule has 0 saturated heterocycles. The average molecular weight is 474 g/mol. The van der Waals surface area contributed by atoms with Crippen molar-refractivity contribution < 1.29 is 38.6 Å². The Morgan fingerprint density at radius 3 is 2.06 bits per heavy atom. The minimum Gasteiger partial charge on any atom is -0.480 e. The number of carboxylic acid groups (broad SMARTS) is 1. The first kappa shape index (κ1) is 29.2. The lowest BCUT2D eigenvalue weighted by atomic mass is 9.99. The molecule has 32 heavy (non-hydrogen) atoms. The second-order valence-corrected chi connectivity index (χ2v) is 14.6. The fourth-order valence-electron chi connectivity index (χ4n) is 2.44. The van der Waals surface area contributed by atoms with Crippen LogP contribution in [0.15, 0.2) is 0 Å². The summed E-state index contributed by atoms with van der Waals surface area (Å²) in [4.78, 5) is 70.1. The normalized spacial score (nSPS) is 13.9. The number of carbonyl (C=O) groups excluding carboxylic acids is 5. The molecule has 0 radical (unpaired) electrons. The first-order chi connectivity index (χ1) is 14.6. The molecule has 0 heterocycles. The zero-order valence-electron chi connectivity index (χ0n) is 19.4. The number of amides is 3. The van der Waals surface area contributed by atoms with E-state index in [1.54, 1.807) is 0 Å². The summed E-state index contributed by atoms with van der Waals surface area (Å²) < 4.78 is 5.11. The second-order valence-electron chi connectivity index (χ2n) is 8.96. The molecule has 0 aliphatic heterocycles. The van der Waals surface area contributed by atoms with Crippen molar-refractivity contribution >= 4 is 43.5 Å². The molecule has 0 unspecified atom stereocenters. The van der Waals surface area contributed by atoms with Gasteiger partial charge in [0.25, 0.3) is 0 Å². The summed E-state index contributed by atoms with van der Waals surface area (Å²) in [7, 11) is -1.32. The largest absolute Gasteiger partial charge is 0.480 e. The lowest BCUT2D eigenvalue weighted by molar-refractivity contribution is -0.144. The van der Waals surface area contributed by atoms with E-state index in [1.165, 1.54) is 13.8 Å². The summed E-state index contributed by atoms with van der Waals surface area (Å²) in [5.74, 6) is -5.36. The molecule has 11 nitrogen and oxygen atoms in total. The Morgan fingerprint density at radius 1 is 0.969 bits per heavy atom. The molecule has 5 N–H and O–H groups in total. The van der Waals surface area contributed by atoms with Gasteiger partial charge in [-0.05, 0) is 13.0 Å². The predicted molar refractivity (Wildman–Crippen MR) is 118 cm³/mol. The summed E-state index contributed by atoms with van der Waals surface area (Å²) in [6.45, 7) is 9.66. The monoisotopic (exact) mass is 473 g/mol. The van der Waals surface area contributed by atoms with Gasteiger partial charge in [-0.3, -0.25) is 24.0 Å². The molecule has 0 aliphatic rings. The number of ether oxygens (including phenoxy) is 1. The number of primary amides is 1. The van der Waals surface area contributed by atoms with Crippen LogP contribution in [0.3, 0.4) is 0 Å². The highest BCUT2D eigenvalue weighted by atomic mass is 28.3. The smallest absolute Gasteiger partial charge is 0.326 e. The number of esters is 1. The summed E-state index contributed by atoms with van der Waals surface area (Å²) in [6, 6.07) is -1.56. The van der Waals surface area contributed by atoms with Gasteiger partial charge in [-0.25, -0.2) is 4.79 Å². The van der Waals surface area contributed by atoms with Crippen LogP contribution in [0.25, 0.3) is 0 Å². The molecular formula is C20H35N3O8Si. The Morgan fingerprint density at radius 2 is 1.56 bits per heavy atom. The number of hydrogen-bond donors (Lipinski definition) is 4. The molecule has 0 aromatic carbocycles. The summed E-state index contributed by atoms with van der Waals surface area (Å²) in [5, 5.41) is 13.7. The standard InChI is InChI=1S/C20H35N3O8Si/c1-12(19(28)23-14(20(29)30)11-16(21)25)10-15(24)13(2)22-17(26)6-7-18(27)31-8-9-32(3,4)5/h12-14H,6-11H2,1-5H3,(H2,21,25)(H,22,26)(H,23,28)(H,29,30)/t12-,13+,14+/m1/s1. The minimum absolute atomic E-state index is 0.103. The topological polar surface area (TPSA) is 182 Å². The SMILES string of the molecule is C[C@H](CC(=O)[C@H](C)NC(=O)CCC(=O)OCC[Si](C)(C)C)C(=O)N[C@@H](CC(N)=O)C(=O)O. The number of carbonyl (C=O) groups is 6. The summed E-state index contributed by atoms with van der Waals surface area (Å²) in [5.41, 5.74) is 4.96. The van der Waals surface area contributed by atoms with Crippen molar-refractivity contribution in [2.45, 2.75) is 77.3 Å². The molecule has 0 spiro atoms. The van der Waals surface area contributed by atoms with Crippen LogP contribution in [-0.2, 0) is 33.5 Å². The first-order valence-electron chi connectivity index (χ1n) is 10.4. The lowest BCUT2D eigenvalue weighted by Gasteiger charge is -2.18. The van der Waals surface area contributed by atoms with E-state index >= 15 is 0 Å². The van der Waals surface area contributed by atoms with Crippen LogP contribution in [-0.4, -0.2) is 67.3 Å². The van der Waals surface area contributed by atoms with E-state index in [-0.39, 0.29) is 19.3 Å². The first-order valence-corrected chi connectivity index (χ1v) is 14.1. The van der Waals surface area contributed by atoms with E-state index in [4.69, 9.17) is 15.6 Å². The molecule has 0 aromatic rings. The van der Waals surface area contributed by atoms with E-state index in [0.29, 0.717) is 6.61 Å². The van der Waals surface area contributed by atoms with Crippen LogP contribution in [0, 0.1) is 5.92 Å². The molecule has 3 amide bonds. The number of carboxylic acids is 1. The van der Waals surface area contributed by atoms with Crippen molar-refractivity contribution in [3.63, 3.8) is 0 Å². The molecule has 182 valence electrons. The van der Waals surface area contributed by atoms with Crippen molar-refractivity contribution in [3.8, 4) is 0 Å². The molecule has 3 atom stereocenters. The van der Waals surface area contributed by atoms with Crippen LogP contribution in [0.2, 0.25) is 25.7 Å². The zero-order chi connectivity index (χ0) is 25.1. The Bertz CT molecular complexity index is 720. The molecule has 12 heteroatoms. The van der Waals surface area contributed by atoms with Crippen molar-refractivity contribution in [1.82, 2.24) is 10.6 Å². The van der Waals surface area contributed by atoms with Crippen LogP contribution < -0.4 is 16.4 Å². The van der Waals surface area contributed by atoms with Gasteiger partial charge in [-0.15, -0.1) is 0 Å². The number of rotatable bonds is 15. The zero-order valence-corrected chi connectivity index (χ0v) is 20.4. The van der Waals surface area contributed by atoms with Gasteiger partial charge in [0, 0.05) is 26.8 Å². The van der Waals surface area contributed by atoms with E-state index in [0.717, 1.165) is 6.04 Å². The number of ketones is 1. The van der Waals surface area contributed by atoms with Crippen molar-refractivity contribution in [2.24, 2.45) is 11.7 Å². The van der Waals surface area contributed by atoms with Gasteiger partial charge in [-0.2, -0.15) is 0 Å². The highest BCUT2D eigenvalue weighted by Gasteiger charge is 2.27. The van der Waals surface area contributed by atoms with Gasteiger partial charge in [0.05, 0.1) is 25.5 Å². The van der Waals surface area contributed by atoms with Crippen molar-refractivity contribution in [1.29, 1.82) is 0 Å². The number of nitrogens with two attached hydrogens (primary N) is 1. The molecule has 0 saturated carbocycles. The van der Waals surface area contributed by atoms with Gasteiger partial charge in [0.15, 0.2) is 5.78 Å². The molecule has 0 rings (SSSR count). The molecule has 0 bridgehead atoms. The Labute approximate surface area is 188 Å². The van der Waals surface area contributed by atoms with Crippen molar-refractivity contribution in [2.75, 3.05) is 6.61 Å². The van der Waals surface area contributed by atoms with Crippen LogP contribution in [0.5, 0.6) is 0 Å². The van der Waals surface area contributed by atoms with E-state index in [1.807, 2.05) is 0 Å². The Hall–Kier alpha value is -2.76. The minimum atomic E-state index is -1.49. The van der Waals surface area contributed by atoms with Gasteiger partial charge in [0.2, 0.25) is 17.7 Å². The number of hydrogen-bond acceptors (Lipinski definition) is 7. The highest BCUT2D eigenvalue weighted by molar-refractivity contribution is 6.76. The van der Waals surface area contributed by atoms with Crippen LogP contribution in [0.1, 0.15) is 39.5 Å². The van der Waals surface area contributed by atoms with Crippen molar-refractivity contribution in [3.05, 3.63) is 0 Å². The van der Waals surface area contributed by atoms with Gasteiger partial charge < -0.3 is 26.2 Å². The van der Waals surface area contributed by atoms with E-state index < -0.39 is 67.9 Å². The molecule has 0 aliphatic carbocycles. The van der Waals surface area contributed by atoms with Gasteiger partial charge >= 0.3 is 11.9 Å². The predicted octanol–water partition coefficient (Wildman–Crippen LogP) is 0.193. The van der Waals surface area contributed by atoms with E-state index in [9.17, 15) is 28.8 Å². The third-order valence-corrected chi connectivity index (χ3v) is 6.21. The fraction of sp³-hybridized carbons (Fsp3) is 0.700. The number of nitrogens with one attached hydrogen (secondary N) is 2. The fourth-order valence-corrected chi connectivity index (χ4v) is 3.15. The maximum absolute atomic E-state index is 12.3. The van der Waals surface area contributed by atoms with E-state index in [2.05, 4.69) is 30.3 Å². The Balaban J connectivity index is 4.44. The third-order valence-electron chi connectivity index (χ3n) is 4.51. The molecule has 0 fully saturated rings. The molecule has 0 aromatic heterocycles. The highest BCUT2D eigenvalue weighted by Crippen LogP contribution is 2.09. The molecular weight excluding hydrogens is 438 g/mol. The van der Waals surface area contributed by atoms with Crippen LogP contribution >= 0.6 is 0 Å². The lowest BCUT2D eigenvalue weighted by Crippen LogP contribution is -2.46. The average Bonchev–Trinajstić information content (AvgIpc) is 2.64. The van der Waals surface area contributed by atoms with Gasteiger partial charge in [-0.1, -0.05) is 26.6 Å². The maximum atomic E-state index is 12.3. The number of aliphatic carboxylic acids is 1. The third kappa shape index (κ3) is 13.5. The quantitative estimate of drug-likeness (QED) is 0.192. The summed E-state index contributed by atoms with van der Waals surface area (Å²) in [6.07, 6.45) is -1.07. The van der Waals surface area contributed by atoms with Crippen LogP contribution in [0.4, 0.5) is 0 Å². The number of Topliss-reactive ketones (excluding diaryl/α,β-unsaturated/α-hetero) is 1.